The minimum absolute atomic E-state index is 0.437. The van der Waals surface area contributed by atoms with E-state index in [1.807, 2.05) is 22.9 Å². The molecule has 0 aliphatic carbocycles. The van der Waals surface area contributed by atoms with Gasteiger partial charge in [0.25, 0.3) is 11.7 Å². The van der Waals surface area contributed by atoms with Crippen molar-refractivity contribution >= 4 is 44.6 Å². The molecular formula is C13H8BrNO2S. The Morgan fingerprint density at radius 2 is 2.06 bits per heavy atom. The monoisotopic (exact) mass is 321 g/mol. The van der Waals surface area contributed by atoms with Gasteiger partial charge in [-0.2, -0.15) is 11.3 Å². The van der Waals surface area contributed by atoms with Gasteiger partial charge in [0.2, 0.25) is 0 Å². The van der Waals surface area contributed by atoms with E-state index in [1.165, 1.54) is 4.90 Å². The van der Waals surface area contributed by atoms with Crippen molar-refractivity contribution in [1.29, 1.82) is 0 Å². The van der Waals surface area contributed by atoms with Crippen LogP contribution in [0.15, 0.2) is 39.5 Å². The molecule has 0 radical (unpaired) electrons. The van der Waals surface area contributed by atoms with Crippen molar-refractivity contribution in [2.24, 2.45) is 0 Å². The summed E-state index contributed by atoms with van der Waals surface area (Å²) in [6, 6.07) is 7.36. The molecule has 2 aromatic rings. The molecule has 90 valence electrons. The van der Waals surface area contributed by atoms with Gasteiger partial charge in [0.05, 0.1) is 17.8 Å². The predicted molar refractivity (Wildman–Crippen MR) is 74.0 cm³/mol. The lowest BCUT2D eigenvalue weighted by atomic mass is 10.1. The van der Waals surface area contributed by atoms with E-state index in [2.05, 4.69) is 15.9 Å². The minimum Gasteiger partial charge on any atom is -0.300 e. The molecule has 0 atom stereocenters. The molecule has 2 heterocycles. The van der Waals surface area contributed by atoms with Gasteiger partial charge in [-0.05, 0) is 50.5 Å². The van der Waals surface area contributed by atoms with E-state index in [-0.39, 0.29) is 0 Å². The number of carbonyl (C=O) groups is 2. The molecule has 0 saturated carbocycles. The number of halogens is 1. The van der Waals surface area contributed by atoms with E-state index in [4.69, 9.17) is 0 Å². The number of hydrogen-bond donors (Lipinski definition) is 0. The summed E-state index contributed by atoms with van der Waals surface area (Å²) in [6.45, 7) is 0.442. The Morgan fingerprint density at radius 3 is 2.78 bits per heavy atom. The lowest BCUT2D eigenvalue weighted by Crippen LogP contribution is -2.28. The Morgan fingerprint density at radius 1 is 1.22 bits per heavy atom. The zero-order valence-corrected chi connectivity index (χ0v) is 11.6. The third-order valence-corrected chi connectivity index (χ3v) is 4.26. The van der Waals surface area contributed by atoms with Crippen molar-refractivity contribution in [2.45, 2.75) is 6.54 Å². The highest BCUT2D eigenvalue weighted by atomic mass is 79.9. The second-order valence-corrected chi connectivity index (χ2v) is 5.62. The van der Waals surface area contributed by atoms with Gasteiger partial charge >= 0.3 is 0 Å². The fraction of sp³-hybridized carbons (Fsp3) is 0.0769. The number of benzene rings is 1. The van der Waals surface area contributed by atoms with Gasteiger partial charge in [-0.25, -0.2) is 0 Å². The average molecular weight is 322 g/mol. The zero-order valence-electron chi connectivity index (χ0n) is 9.22. The molecule has 18 heavy (non-hydrogen) atoms. The van der Waals surface area contributed by atoms with Crippen LogP contribution in [0.3, 0.4) is 0 Å². The number of amides is 1. The predicted octanol–water partition coefficient (Wildman–Crippen LogP) is 3.24. The quantitative estimate of drug-likeness (QED) is 0.796. The first-order valence-electron chi connectivity index (χ1n) is 5.34. The topological polar surface area (TPSA) is 37.4 Å². The number of Topliss-reactive ketones (excluding diaryl/α,β-unsaturated/α-hetero) is 1. The van der Waals surface area contributed by atoms with E-state index in [1.54, 1.807) is 23.5 Å². The van der Waals surface area contributed by atoms with Crippen molar-refractivity contribution in [2.75, 3.05) is 4.90 Å². The Kier molecular flexibility index (Phi) is 2.80. The van der Waals surface area contributed by atoms with Crippen molar-refractivity contribution in [3.63, 3.8) is 0 Å². The van der Waals surface area contributed by atoms with E-state index >= 15 is 0 Å². The number of carbonyl (C=O) groups excluding carboxylic acids is 2. The van der Waals surface area contributed by atoms with E-state index in [9.17, 15) is 9.59 Å². The number of hydrogen-bond acceptors (Lipinski definition) is 3. The lowest BCUT2D eigenvalue weighted by Gasteiger charge is -2.15. The molecule has 5 heteroatoms. The molecule has 0 spiro atoms. The van der Waals surface area contributed by atoms with Gasteiger partial charge in [-0.1, -0.05) is 6.07 Å². The van der Waals surface area contributed by atoms with E-state index in [0.717, 1.165) is 5.56 Å². The molecule has 3 nitrogen and oxygen atoms in total. The van der Waals surface area contributed by atoms with Crippen LogP contribution in [0.5, 0.6) is 0 Å². The van der Waals surface area contributed by atoms with Crippen LogP contribution in [0.1, 0.15) is 15.9 Å². The van der Waals surface area contributed by atoms with Gasteiger partial charge in [0, 0.05) is 4.47 Å². The van der Waals surface area contributed by atoms with Gasteiger partial charge < -0.3 is 4.90 Å². The normalized spacial score (nSPS) is 14.2. The van der Waals surface area contributed by atoms with E-state index < -0.39 is 11.7 Å². The summed E-state index contributed by atoms with van der Waals surface area (Å²) in [5.74, 6) is -0.893. The van der Waals surface area contributed by atoms with Crippen LogP contribution in [0.2, 0.25) is 0 Å². The summed E-state index contributed by atoms with van der Waals surface area (Å²) < 4.78 is 0.672. The highest BCUT2D eigenvalue weighted by Crippen LogP contribution is 2.35. The first-order chi connectivity index (χ1) is 8.68. The first kappa shape index (κ1) is 11.6. The second kappa shape index (κ2) is 4.33. The Bertz CT molecular complexity index is 636. The maximum absolute atomic E-state index is 12.0. The smallest absolute Gasteiger partial charge is 0.299 e. The SMILES string of the molecule is O=C1C(=O)N(Cc2ccsc2)c2cccc(Br)c21. The third-order valence-electron chi connectivity index (χ3n) is 2.87. The third kappa shape index (κ3) is 1.71. The Labute approximate surface area is 116 Å². The molecule has 1 aliphatic heterocycles. The fourth-order valence-corrected chi connectivity index (χ4v) is 3.22. The highest BCUT2D eigenvalue weighted by molar-refractivity contribution is 9.10. The molecule has 0 unspecified atom stereocenters. The molecule has 0 N–H and O–H groups in total. The summed E-state index contributed by atoms with van der Waals surface area (Å²) in [7, 11) is 0. The van der Waals surface area contributed by atoms with Crippen LogP contribution in [0.4, 0.5) is 5.69 Å². The van der Waals surface area contributed by atoms with E-state index in [0.29, 0.717) is 22.3 Å². The van der Waals surface area contributed by atoms with Crippen LogP contribution >= 0.6 is 27.3 Å². The molecule has 1 aliphatic rings. The standard InChI is InChI=1S/C13H8BrNO2S/c14-9-2-1-3-10-11(9)12(16)13(17)15(10)6-8-4-5-18-7-8/h1-5,7H,6H2. The molecule has 0 saturated heterocycles. The van der Waals surface area contributed by atoms with Crippen molar-refractivity contribution in [1.82, 2.24) is 0 Å². The van der Waals surface area contributed by atoms with Crippen molar-refractivity contribution in [3.05, 3.63) is 50.6 Å². The largest absolute Gasteiger partial charge is 0.300 e. The summed E-state index contributed by atoms with van der Waals surface area (Å²) in [6.07, 6.45) is 0. The summed E-state index contributed by atoms with van der Waals surface area (Å²) in [4.78, 5) is 25.5. The molecule has 0 fully saturated rings. The number of rotatable bonds is 2. The Balaban J connectivity index is 2.05. The molecule has 1 aromatic heterocycles. The van der Waals surface area contributed by atoms with Gasteiger partial charge in [-0.15, -0.1) is 0 Å². The number of nitrogens with zero attached hydrogens (tertiary/aromatic N) is 1. The molecule has 1 aromatic carbocycles. The Hall–Kier alpha value is -1.46. The minimum atomic E-state index is -0.455. The van der Waals surface area contributed by atoms with Crippen molar-refractivity contribution in [3.8, 4) is 0 Å². The summed E-state index contributed by atoms with van der Waals surface area (Å²) >= 11 is 4.90. The molecular weight excluding hydrogens is 314 g/mol. The first-order valence-corrected chi connectivity index (χ1v) is 7.08. The number of ketones is 1. The fourth-order valence-electron chi connectivity index (χ4n) is 2.02. The average Bonchev–Trinajstić information content (AvgIpc) is 2.94. The maximum Gasteiger partial charge on any atom is 0.299 e. The van der Waals surface area contributed by atoms with Gasteiger partial charge in [0.1, 0.15) is 0 Å². The van der Waals surface area contributed by atoms with Crippen LogP contribution in [0, 0.1) is 0 Å². The highest BCUT2D eigenvalue weighted by Gasteiger charge is 2.37. The van der Waals surface area contributed by atoms with Gasteiger partial charge in [-0.3, -0.25) is 9.59 Å². The number of thiophene rings is 1. The van der Waals surface area contributed by atoms with Crippen LogP contribution in [-0.4, -0.2) is 11.7 Å². The summed E-state index contributed by atoms with van der Waals surface area (Å²) in [5, 5.41) is 3.94. The zero-order chi connectivity index (χ0) is 12.7. The lowest BCUT2D eigenvalue weighted by molar-refractivity contribution is -0.114. The maximum atomic E-state index is 12.0. The second-order valence-electron chi connectivity index (χ2n) is 3.99. The summed E-state index contributed by atoms with van der Waals surface area (Å²) in [5.41, 5.74) is 2.19. The van der Waals surface area contributed by atoms with Gasteiger partial charge in [0.15, 0.2) is 0 Å². The number of anilines is 1. The molecule has 0 bridgehead atoms. The number of fused-ring (bicyclic) bond motifs is 1. The molecule has 1 amide bonds. The van der Waals surface area contributed by atoms with Crippen LogP contribution in [-0.2, 0) is 11.3 Å². The van der Waals surface area contributed by atoms with Crippen LogP contribution < -0.4 is 4.90 Å². The van der Waals surface area contributed by atoms with Crippen LogP contribution in [0.25, 0.3) is 0 Å². The van der Waals surface area contributed by atoms with Crippen molar-refractivity contribution < 1.29 is 9.59 Å². The molecule has 3 rings (SSSR count).